The Bertz CT molecular complexity index is 1300. The highest BCUT2D eigenvalue weighted by Gasteiger charge is 2.08. The van der Waals surface area contributed by atoms with Crippen LogP contribution in [0.25, 0.3) is 27.5 Å². The van der Waals surface area contributed by atoms with Crippen molar-refractivity contribution in [2.24, 2.45) is 10.2 Å². The number of hydrogen-bond donors (Lipinski definition) is 1. The van der Waals surface area contributed by atoms with Gasteiger partial charge in [0.05, 0.1) is 17.1 Å². The quantitative estimate of drug-likeness (QED) is 0.335. The second kappa shape index (κ2) is 6.59. The number of fused-ring (bicyclic) bond motifs is 3. The SMILES string of the molecule is Nc1ccc(N=Nc2ccc(-n3nc4ccc5ccccc5c4n3)cc2)cc1. The molecular formula is C22H16N6. The molecule has 0 aliphatic rings. The molecule has 0 radical (unpaired) electrons. The molecule has 0 saturated heterocycles. The number of nitrogens with zero attached hydrogens (tertiary/aromatic N) is 5. The van der Waals surface area contributed by atoms with Crippen molar-refractivity contribution in [2.75, 3.05) is 5.73 Å². The lowest BCUT2D eigenvalue weighted by molar-refractivity contribution is 0.766. The average Bonchev–Trinajstić information content (AvgIpc) is 3.19. The fraction of sp³-hybridized carbons (Fsp3) is 0. The number of hydrogen-bond acceptors (Lipinski definition) is 5. The van der Waals surface area contributed by atoms with Gasteiger partial charge in [0.25, 0.3) is 0 Å². The third-order valence-corrected chi connectivity index (χ3v) is 4.53. The largest absolute Gasteiger partial charge is 0.399 e. The number of benzene rings is 4. The maximum absolute atomic E-state index is 5.68. The van der Waals surface area contributed by atoms with Gasteiger partial charge < -0.3 is 5.73 Å². The molecule has 6 heteroatoms. The summed E-state index contributed by atoms with van der Waals surface area (Å²) in [7, 11) is 0. The molecule has 0 atom stereocenters. The number of azo groups is 1. The lowest BCUT2D eigenvalue weighted by atomic mass is 10.1. The fourth-order valence-electron chi connectivity index (χ4n) is 3.07. The Morgan fingerprint density at radius 1 is 0.679 bits per heavy atom. The van der Waals surface area contributed by atoms with Gasteiger partial charge in [0.2, 0.25) is 0 Å². The van der Waals surface area contributed by atoms with E-state index in [2.05, 4.69) is 38.6 Å². The predicted octanol–water partition coefficient (Wildman–Crippen LogP) is 5.57. The molecule has 0 amide bonds. The molecule has 4 aromatic carbocycles. The number of nitrogens with two attached hydrogens (primary N) is 1. The summed E-state index contributed by atoms with van der Waals surface area (Å²) in [5.41, 5.74) is 10.5. The van der Waals surface area contributed by atoms with Crippen molar-refractivity contribution in [1.82, 2.24) is 15.0 Å². The molecule has 28 heavy (non-hydrogen) atoms. The molecule has 2 N–H and O–H groups in total. The Morgan fingerprint density at radius 2 is 1.36 bits per heavy atom. The molecule has 5 rings (SSSR count). The highest BCUT2D eigenvalue weighted by atomic mass is 15.5. The van der Waals surface area contributed by atoms with Gasteiger partial charge in [-0.15, -0.1) is 10.2 Å². The van der Waals surface area contributed by atoms with Crippen LogP contribution < -0.4 is 5.73 Å². The zero-order valence-corrected chi connectivity index (χ0v) is 14.9. The van der Waals surface area contributed by atoms with E-state index in [1.54, 1.807) is 16.9 Å². The molecule has 0 aliphatic heterocycles. The summed E-state index contributed by atoms with van der Waals surface area (Å²) >= 11 is 0. The molecule has 134 valence electrons. The lowest BCUT2D eigenvalue weighted by Crippen LogP contribution is -1.97. The molecule has 0 saturated carbocycles. The molecular weight excluding hydrogens is 348 g/mol. The van der Waals surface area contributed by atoms with Crippen LogP contribution in [-0.2, 0) is 0 Å². The average molecular weight is 364 g/mol. The Hall–Kier alpha value is -4.06. The summed E-state index contributed by atoms with van der Waals surface area (Å²) in [6.45, 7) is 0. The standard InChI is InChI=1S/C22H16N6/c23-16-6-8-17(9-7-16)24-25-18-10-12-19(13-11-18)28-26-21-14-5-15-3-1-2-4-20(15)22(21)27-28/h1-14H,23H2. The topological polar surface area (TPSA) is 81.5 Å². The summed E-state index contributed by atoms with van der Waals surface area (Å²) in [5, 5.41) is 20.0. The molecule has 0 unspecified atom stereocenters. The first-order valence-corrected chi connectivity index (χ1v) is 8.89. The highest BCUT2D eigenvalue weighted by molar-refractivity contribution is 6.03. The van der Waals surface area contributed by atoms with Gasteiger partial charge in [-0.05, 0) is 60.0 Å². The van der Waals surface area contributed by atoms with Crippen LogP contribution in [0.5, 0.6) is 0 Å². The van der Waals surface area contributed by atoms with E-state index in [0.717, 1.165) is 38.9 Å². The summed E-state index contributed by atoms with van der Waals surface area (Å²) in [4.78, 5) is 1.65. The van der Waals surface area contributed by atoms with Crippen molar-refractivity contribution in [3.05, 3.63) is 84.9 Å². The van der Waals surface area contributed by atoms with Crippen LogP contribution in [0.15, 0.2) is 95.2 Å². The van der Waals surface area contributed by atoms with E-state index in [1.807, 2.05) is 54.6 Å². The van der Waals surface area contributed by atoms with Crippen LogP contribution in [-0.4, -0.2) is 15.0 Å². The van der Waals surface area contributed by atoms with Gasteiger partial charge in [0.15, 0.2) is 0 Å². The molecule has 0 bridgehead atoms. The molecule has 5 aromatic rings. The first-order chi connectivity index (χ1) is 13.8. The number of nitrogen functional groups attached to an aromatic ring is 1. The van der Waals surface area contributed by atoms with Crippen LogP contribution in [0.2, 0.25) is 0 Å². The summed E-state index contributed by atoms with van der Waals surface area (Å²) < 4.78 is 0. The molecule has 0 fully saturated rings. The molecule has 6 nitrogen and oxygen atoms in total. The van der Waals surface area contributed by atoms with Crippen LogP contribution in [0.1, 0.15) is 0 Å². The Kier molecular flexibility index (Phi) is 3.80. The lowest BCUT2D eigenvalue weighted by Gasteiger charge is -1.99. The van der Waals surface area contributed by atoms with Gasteiger partial charge in [-0.25, -0.2) is 0 Å². The van der Waals surface area contributed by atoms with Crippen molar-refractivity contribution >= 4 is 38.9 Å². The Balaban J connectivity index is 1.45. The van der Waals surface area contributed by atoms with Gasteiger partial charge in [-0.3, -0.25) is 0 Å². The van der Waals surface area contributed by atoms with E-state index < -0.39 is 0 Å². The Morgan fingerprint density at radius 3 is 2.11 bits per heavy atom. The van der Waals surface area contributed by atoms with E-state index in [0.29, 0.717) is 5.69 Å². The first-order valence-electron chi connectivity index (χ1n) is 8.89. The van der Waals surface area contributed by atoms with Gasteiger partial charge in [-0.1, -0.05) is 30.3 Å². The molecule has 1 aromatic heterocycles. The zero-order valence-electron chi connectivity index (χ0n) is 14.9. The second-order valence-electron chi connectivity index (χ2n) is 6.45. The first kappa shape index (κ1) is 16.1. The van der Waals surface area contributed by atoms with E-state index in [1.165, 1.54) is 0 Å². The van der Waals surface area contributed by atoms with Crippen LogP contribution >= 0.6 is 0 Å². The van der Waals surface area contributed by atoms with Gasteiger partial charge >= 0.3 is 0 Å². The van der Waals surface area contributed by atoms with Crippen molar-refractivity contribution in [1.29, 1.82) is 0 Å². The van der Waals surface area contributed by atoms with Crippen LogP contribution in [0.4, 0.5) is 17.1 Å². The maximum Gasteiger partial charge on any atom is 0.121 e. The summed E-state index contributed by atoms with van der Waals surface area (Å²) in [5.74, 6) is 0. The fourth-order valence-corrected chi connectivity index (χ4v) is 3.07. The van der Waals surface area contributed by atoms with Crippen molar-refractivity contribution < 1.29 is 0 Å². The van der Waals surface area contributed by atoms with E-state index in [9.17, 15) is 0 Å². The summed E-state index contributed by atoms with van der Waals surface area (Å²) in [6.07, 6.45) is 0. The third kappa shape index (κ3) is 2.97. The summed E-state index contributed by atoms with van der Waals surface area (Å²) in [6, 6.07) is 27.1. The van der Waals surface area contributed by atoms with E-state index in [4.69, 9.17) is 5.73 Å². The van der Waals surface area contributed by atoms with Gasteiger partial charge in [-0.2, -0.15) is 15.0 Å². The number of anilines is 1. The zero-order chi connectivity index (χ0) is 18.9. The van der Waals surface area contributed by atoms with Crippen molar-refractivity contribution in [2.45, 2.75) is 0 Å². The Labute approximate surface area is 160 Å². The number of rotatable bonds is 3. The van der Waals surface area contributed by atoms with E-state index >= 15 is 0 Å². The normalized spacial score (nSPS) is 11.6. The minimum absolute atomic E-state index is 0.704. The monoisotopic (exact) mass is 364 g/mol. The predicted molar refractivity (Wildman–Crippen MR) is 111 cm³/mol. The van der Waals surface area contributed by atoms with Gasteiger partial charge in [0, 0.05) is 11.1 Å². The second-order valence-corrected chi connectivity index (χ2v) is 6.45. The highest BCUT2D eigenvalue weighted by Crippen LogP contribution is 2.24. The smallest absolute Gasteiger partial charge is 0.121 e. The molecule has 0 aliphatic carbocycles. The minimum atomic E-state index is 0.704. The van der Waals surface area contributed by atoms with Gasteiger partial charge in [0.1, 0.15) is 11.0 Å². The van der Waals surface area contributed by atoms with Crippen molar-refractivity contribution in [3.8, 4) is 5.69 Å². The van der Waals surface area contributed by atoms with Crippen molar-refractivity contribution in [3.63, 3.8) is 0 Å². The third-order valence-electron chi connectivity index (χ3n) is 4.53. The van der Waals surface area contributed by atoms with Crippen LogP contribution in [0.3, 0.4) is 0 Å². The molecule has 0 spiro atoms. The van der Waals surface area contributed by atoms with Crippen LogP contribution in [0, 0.1) is 0 Å². The maximum atomic E-state index is 5.68. The minimum Gasteiger partial charge on any atom is -0.399 e. The van der Waals surface area contributed by atoms with E-state index in [-0.39, 0.29) is 0 Å². The number of aromatic nitrogens is 3. The molecule has 1 heterocycles.